The average Bonchev–Trinajstić information content (AvgIpc) is 2.54. The molecule has 2 heterocycles. The van der Waals surface area contributed by atoms with Crippen LogP contribution >= 0.6 is 12.4 Å². The van der Waals surface area contributed by atoms with Gasteiger partial charge in [-0.3, -0.25) is 4.79 Å². The van der Waals surface area contributed by atoms with Gasteiger partial charge in [0.15, 0.2) is 0 Å². The van der Waals surface area contributed by atoms with E-state index in [4.69, 9.17) is 4.74 Å². The number of fused-ring (bicyclic) bond motifs is 1. The van der Waals surface area contributed by atoms with Crippen LogP contribution in [0.1, 0.15) is 35.2 Å². The molecule has 1 aromatic carbocycles. The first kappa shape index (κ1) is 16.1. The molecule has 0 atom stereocenters. The third kappa shape index (κ3) is 3.33. The van der Waals surface area contributed by atoms with Crippen molar-refractivity contribution in [3.63, 3.8) is 0 Å². The Labute approximate surface area is 132 Å². The van der Waals surface area contributed by atoms with E-state index in [9.17, 15) is 4.79 Å². The Morgan fingerprint density at radius 2 is 2.10 bits per heavy atom. The summed E-state index contributed by atoms with van der Waals surface area (Å²) in [6.07, 6.45) is 4.29. The molecular weight excluding hydrogens is 288 g/mol. The minimum Gasteiger partial charge on any atom is -0.385 e. The number of rotatable bonds is 2. The number of anilines is 1. The van der Waals surface area contributed by atoms with Crippen LogP contribution in [-0.2, 0) is 11.2 Å². The number of carbonyl (C=O) groups excluding carboxylic acids is 1. The average molecular weight is 311 g/mol. The molecule has 0 radical (unpaired) electrons. The molecule has 2 aliphatic heterocycles. The molecule has 0 aromatic heterocycles. The van der Waals surface area contributed by atoms with E-state index in [-0.39, 0.29) is 18.3 Å². The Morgan fingerprint density at radius 3 is 2.81 bits per heavy atom. The lowest BCUT2D eigenvalue weighted by Gasteiger charge is -2.32. The van der Waals surface area contributed by atoms with Crippen molar-refractivity contribution in [3.05, 3.63) is 29.3 Å². The molecule has 2 aliphatic rings. The molecule has 3 rings (SSSR count). The molecular formula is C16H23ClN2O2. The van der Waals surface area contributed by atoms with Gasteiger partial charge < -0.3 is 15.0 Å². The zero-order valence-electron chi connectivity index (χ0n) is 12.4. The van der Waals surface area contributed by atoms with Gasteiger partial charge in [-0.2, -0.15) is 0 Å². The highest BCUT2D eigenvalue weighted by Gasteiger charge is 2.26. The van der Waals surface area contributed by atoms with Crippen molar-refractivity contribution < 1.29 is 9.53 Å². The van der Waals surface area contributed by atoms with Crippen LogP contribution in [0, 0.1) is 0 Å². The standard InChI is InChI=1S/C16H22N2O2.ClH/c1-20-12-7-10-18(11-8-12)16(19)14-4-2-6-15-13(14)5-3-9-17-15;/h2,4,6,12,17H,3,5,7-11H2,1H3;1H. The minimum atomic E-state index is 0. The summed E-state index contributed by atoms with van der Waals surface area (Å²) in [6.45, 7) is 2.60. The largest absolute Gasteiger partial charge is 0.385 e. The third-order valence-electron chi connectivity index (χ3n) is 4.39. The number of hydrogen-bond acceptors (Lipinski definition) is 3. The van der Waals surface area contributed by atoms with Crippen LogP contribution in [0.4, 0.5) is 5.69 Å². The van der Waals surface area contributed by atoms with E-state index in [1.165, 1.54) is 5.56 Å². The van der Waals surface area contributed by atoms with Crippen LogP contribution < -0.4 is 5.32 Å². The second-order valence-corrected chi connectivity index (χ2v) is 5.59. The Bertz CT molecular complexity index is 499. The summed E-state index contributed by atoms with van der Waals surface area (Å²) in [6, 6.07) is 6.02. The number of likely N-dealkylation sites (tertiary alicyclic amines) is 1. The fourth-order valence-electron chi connectivity index (χ4n) is 3.18. The van der Waals surface area contributed by atoms with Crippen molar-refractivity contribution in [1.29, 1.82) is 0 Å². The zero-order valence-corrected chi connectivity index (χ0v) is 13.2. The van der Waals surface area contributed by atoms with Crippen molar-refractivity contribution in [2.24, 2.45) is 0 Å². The highest BCUT2D eigenvalue weighted by Crippen LogP contribution is 2.27. The summed E-state index contributed by atoms with van der Waals surface area (Å²) in [5.41, 5.74) is 3.21. The molecule has 5 heteroatoms. The van der Waals surface area contributed by atoms with E-state index in [0.29, 0.717) is 6.10 Å². The summed E-state index contributed by atoms with van der Waals surface area (Å²) >= 11 is 0. The Morgan fingerprint density at radius 1 is 1.33 bits per heavy atom. The lowest BCUT2D eigenvalue weighted by atomic mass is 9.96. The summed E-state index contributed by atoms with van der Waals surface area (Å²) in [4.78, 5) is 14.7. The van der Waals surface area contributed by atoms with Gasteiger partial charge in [0.1, 0.15) is 0 Å². The number of methoxy groups -OCH3 is 1. The van der Waals surface area contributed by atoms with Gasteiger partial charge in [-0.1, -0.05) is 6.07 Å². The van der Waals surface area contributed by atoms with E-state index in [1.807, 2.05) is 17.0 Å². The molecule has 1 N–H and O–H groups in total. The molecule has 1 saturated heterocycles. The predicted molar refractivity (Wildman–Crippen MR) is 86.4 cm³/mol. The SMILES string of the molecule is COC1CCN(C(=O)c2cccc3c2CCCN3)CC1.Cl. The number of hydrogen-bond donors (Lipinski definition) is 1. The normalized spacial score (nSPS) is 18.4. The maximum atomic E-state index is 12.7. The van der Waals surface area contributed by atoms with E-state index >= 15 is 0 Å². The number of carbonyl (C=O) groups is 1. The van der Waals surface area contributed by atoms with Crippen LogP contribution in [0.5, 0.6) is 0 Å². The molecule has 0 aliphatic carbocycles. The third-order valence-corrected chi connectivity index (χ3v) is 4.39. The number of piperidine rings is 1. The van der Waals surface area contributed by atoms with E-state index in [0.717, 1.165) is 56.6 Å². The number of nitrogens with one attached hydrogen (secondary N) is 1. The van der Waals surface area contributed by atoms with E-state index in [1.54, 1.807) is 7.11 Å². The lowest BCUT2D eigenvalue weighted by Crippen LogP contribution is -2.41. The van der Waals surface area contributed by atoms with Gasteiger partial charge in [0.25, 0.3) is 5.91 Å². The molecule has 0 bridgehead atoms. The smallest absolute Gasteiger partial charge is 0.254 e. The number of halogens is 1. The van der Waals surface area contributed by atoms with Crippen molar-refractivity contribution >= 4 is 24.0 Å². The van der Waals surface area contributed by atoms with Crippen LogP contribution in [0.15, 0.2) is 18.2 Å². The van der Waals surface area contributed by atoms with Crippen molar-refractivity contribution in [3.8, 4) is 0 Å². The maximum absolute atomic E-state index is 12.7. The van der Waals surface area contributed by atoms with Gasteiger partial charge in [-0.05, 0) is 43.4 Å². The molecule has 1 amide bonds. The molecule has 1 fully saturated rings. The number of ether oxygens (including phenoxy) is 1. The second kappa shape index (κ2) is 7.14. The van der Waals surface area contributed by atoms with Crippen LogP contribution in [0.25, 0.3) is 0 Å². The topological polar surface area (TPSA) is 41.6 Å². The van der Waals surface area contributed by atoms with Crippen LogP contribution in [-0.4, -0.2) is 43.7 Å². The fourth-order valence-corrected chi connectivity index (χ4v) is 3.18. The highest BCUT2D eigenvalue weighted by atomic mass is 35.5. The number of nitrogens with zero attached hydrogens (tertiary/aromatic N) is 1. The summed E-state index contributed by atoms with van der Waals surface area (Å²) in [5, 5.41) is 3.39. The molecule has 0 unspecified atom stereocenters. The van der Waals surface area contributed by atoms with Gasteiger partial charge >= 0.3 is 0 Å². The Balaban J connectivity index is 0.00000161. The Hall–Kier alpha value is -1.26. The maximum Gasteiger partial charge on any atom is 0.254 e. The van der Waals surface area contributed by atoms with Gasteiger partial charge in [0.05, 0.1) is 6.10 Å². The van der Waals surface area contributed by atoms with Crippen LogP contribution in [0.2, 0.25) is 0 Å². The van der Waals surface area contributed by atoms with Gasteiger partial charge in [-0.15, -0.1) is 12.4 Å². The van der Waals surface area contributed by atoms with Crippen molar-refractivity contribution in [2.75, 3.05) is 32.1 Å². The Kier molecular flexibility index (Phi) is 5.48. The summed E-state index contributed by atoms with van der Waals surface area (Å²) < 4.78 is 5.37. The molecule has 4 nitrogen and oxygen atoms in total. The molecule has 21 heavy (non-hydrogen) atoms. The van der Waals surface area contributed by atoms with E-state index in [2.05, 4.69) is 11.4 Å². The van der Waals surface area contributed by atoms with Crippen molar-refractivity contribution in [2.45, 2.75) is 31.8 Å². The summed E-state index contributed by atoms with van der Waals surface area (Å²) in [7, 11) is 1.75. The van der Waals surface area contributed by atoms with Gasteiger partial charge in [0.2, 0.25) is 0 Å². The highest BCUT2D eigenvalue weighted by molar-refractivity contribution is 5.97. The fraction of sp³-hybridized carbons (Fsp3) is 0.562. The predicted octanol–water partition coefficient (Wildman–Crippen LogP) is 2.72. The van der Waals surface area contributed by atoms with E-state index < -0.39 is 0 Å². The first-order valence-corrected chi connectivity index (χ1v) is 7.47. The van der Waals surface area contributed by atoms with Crippen LogP contribution in [0.3, 0.4) is 0 Å². The monoisotopic (exact) mass is 310 g/mol. The number of amides is 1. The second-order valence-electron chi connectivity index (χ2n) is 5.59. The van der Waals surface area contributed by atoms with Gasteiger partial charge in [-0.25, -0.2) is 0 Å². The van der Waals surface area contributed by atoms with Crippen molar-refractivity contribution in [1.82, 2.24) is 4.90 Å². The van der Waals surface area contributed by atoms with Gasteiger partial charge in [0, 0.05) is 38.0 Å². The minimum absolute atomic E-state index is 0. The molecule has 0 saturated carbocycles. The molecule has 116 valence electrons. The first-order chi connectivity index (χ1) is 9.79. The first-order valence-electron chi connectivity index (χ1n) is 7.47. The number of benzene rings is 1. The summed E-state index contributed by atoms with van der Waals surface area (Å²) in [5.74, 6) is 0.181. The molecule has 1 aromatic rings. The zero-order chi connectivity index (χ0) is 13.9. The lowest BCUT2D eigenvalue weighted by molar-refractivity contribution is 0.0350. The quantitative estimate of drug-likeness (QED) is 0.913. The molecule has 0 spiro atoms.